The Morgan fingerprint density at radius 3 is 2.88 bits per heavy atom. The molecule has 1 aromatic heterocycles. The van der Waals surface area contributed by atoms with Gasteiger partial charge in [0.15, 0.2) is 0 Å². The van der Waals surface area contributed by atoms with Gasteiger partial charge in [0.25, 0.3) is 5.91 Å². The lowest BCUT2D eigenvalue weighted by Crippen LogP contribution is -2.39. The maximum atomic E-state index is 11.9. The van der Waals surface area contributed by atoms with Crippen LogP contribution in [-0.2, 0) is 0 Å². The van der Waals surface area contributed by atoms with Crippen molar-refractivity contribution in [3.8, 4) is 0 Å². The van der Waals surface area contributed by atoms with E-state index in [9.17, 15) is 4.79 Å². The largest absolute Gasteiger partial charge is 0.397 e. The molecule has 0 atom stereocenters. The molecule has 1 saturated carbocycles. The standard InChI is InChI=1S/C13H15N3O/c14-10-6-1-3-8-7-11(16-12(8)10)13(17)15-9-4-2-5-9/h1,3,6-7,9,16H,2,4-5,14H2,(H,15,17). The van der Waals surface area contributed by atoms with Crippen LogP contribution in [0.3, 0.4) is 0 Å². The molecule has 4 N–H and O–H groups in total. The number of para-hydroxylation sites is 1. The molecule has 3 rings (SSSR count). The summed E-state index contributed by atoms with van der Waals surface area (Å²) < 4.78 is 0. The highest BCUT2D eigenvalue weighted by Gasteiger charge is 2.20. The Balaban J connectivity index is 1.89. The molecule has 0 aliphatic heterocycles. The number of nitrogens with one attached hydrogen (secondary N) is 2. The van der Waals surface area contributed by atoms with E-state index in [1.54, 1.807) is 0 Å². The summed E-state index contributed by atoms with van der Waals surface area (Å²) in [6, 6.07) is 7.86. The second-order valence-corrected chi connectivity index (χ2v) is 4.60. The highest BCUT2D eigenvalue weighted by atomic mass is 16.1. The molecule has 2 aromatic rings. The average molecular weight is 229 g/mol. The number of hydrogen-bond acceptors (Lipinski definition) is 2. The Morgan fingerprint density at radius 1 is 1.41 bits per heavy atom. The zero-order valence-electron chi connectivity index (χ0n) is 9.49. The van der Waals surface area contributed by atoms with Gasteiger partial charge >= 0.3 is 0 Å². The van der Waals surface area contributed by atoms with Crippen LogP contribution in [0.4, 0.5) is 5.69 Å². The molecule has 17 heavy (non-hydrogen) atoms. The maximum absolute atomic E-state index is 11.9. The van der Waals surface area contributed by atoms with Crippen LogP contribution >= 0.6 is 0 Å². The molecule has 0 unspecified atom stereocenters. The molecule has 0 bridgehead atoms. The summed E-state index contributed by atoms with van der Waals surface area (Å²) in [6.07, 6.45) is 3.40. The molecule has 0 saturated heterocycles. The Morgan fingerprint density at radius 2 is 2.24 bits per heavy atom. The van der Waals surface area contributed by atoms with Crippen molar-refractivity contribution in [3.63, 3.8) is 0 Å². The predicted octanol–water partition coefficient (Wildman–Crippen LogP) is 2.03. The number of hydrogen-bond donors (Lipinski definition) is 3. The smallest absolute Gasteiger partial charge is 0.267 e. The molecule has 4 nitrogen and oxygen atoms in total. The Bertz CT molecular complexity index is 569. The normalized spacial score (nSPS) is 15.8. The van der Waals surface area contributed by atoms with Gasteiger partial charge in [0.2, 0.25) is 0 Å². The first kappa shape index (κ1) is 10.2. The molecule has 1 amide bonds. The second kappa shape index (κ2) is 3.80. The quantitative estimate of drug-likeness (QED) is 0.689. The molecule has 1 heterocycles. The first-order valence-electron chi connectivity index (χ1n) is 5.92. The number of amides is 1. The molecule has 1 aromatic carbocycles. The number of fused-ring (bicyclic) bond motifs is 1. The van der Waals surface area contributed by atoms with E-state index in [0.29, 0.717) is 17.4 Å². The fourth-order valence-corrected chi connectivity index (χ4v) is 2.12. The molecule has 1 aliphatic rings. The minimum absolute atomic E-state index is 0.0368. The Labute approximate surface area is 99.2 Å². The van der Waals surface area contributed by atoms with Crippen LogP contribution in [0.15, 0.2) is 24.3 Å². The van der Waals surface area contributed by atoms with Crippen LogP contribution in [0.5, 0.6) is 0 Å². The molecule has 0 spiro atoms. The van der Waals surface area contributed by atoms with Gasteiger partial charge in [0.1, 0.15) is 5.69 Å². The zero-order chi connectivity index (χ0) is 11.8. The SMILES string of the molecule is Nc1cccc2cc(C(=O)NC3CCC3)[nH]c12. The lowest BCUT2D eigenvalue weighted by Gasteiger charge is -2.25. The maximum Gasteiger partial charge on any atom is 0.267 e. The van der Waals surface area contributed by atoms with Crippen molar-refractivity contribution in [3.05, 3.63) is 30.0 Å². The van der Waals surface area contributed by atoms with Gasteiger partial charge in [-0.15, -0.1) is 0 Å². The Kier molecular flexibility index (Phi) is 2.28. The summed E-state index contributed by atoms with van der Waals surface area (Å²) in [5.41, 5.74) is 7.94. The number of benzene rings is 1. The monoisotopic (exact) mass is 229 g/mol. The van der Waals surface area contributed by atoms with Crippen molar-refractivity contribution in [2.45, 2.75) is 25.3 Å². The van der Waals surface area contributed by atoms with E-state index < -0.39 is 0 Å². The third kappa shape index (κ3) is 1.75. The van der Waals surface area contributed by atoms with Crippen molar-refractivity contribution in [2.75, 3.05) is 5.73 Å². The number of carbonyl (C=O) groups excluding carboxylic acids is 1. The first-order chi connectivity index (χ1) is 8.24. The van der Waals surface area contributed by atoms with E-state index in [2.05, 4.69) is 10.3 Å². The molecular weight excluding hydrogens is 214 g/mol. The van der Waals surface area contributed by atoms with Gasteiger partial charge in [0, 0.05) is 11.4 Å². The number of rotatable bonds is 2. The first-order valence-corrected chi connectivity index (χ1v) is 5.92. The summed E-state index contributed by atoms with van der Waals surface area (Å²) >= 11 is 0. The molecule has 88 valence electrons. The number of aromatic amines is 1. The van der Waals surface area contributed by atoms with E-state index in [1.165, 1.54) is 6.42 Å². The van der Waals surface area contributed by atoms with Crippen molar-refractivity contribution in [2.24, 2.45) is 0 Å². The van der Waals surface area contributed by atoms with E-state index in [0.717, 1.165) is 23.7 Å². The number of nitrogens with two attached hydrogens (primary N) is 1. The second-order valence-electron chi connectivity index (χ2n) is 4.60. The summed E-state index contributed by atoms with van der Waals surface area (Å²) in [6.45, 7) is 0. The summed E-state index contributed by atoms with van der Waals surface area (Å²) in [4.78, 5) is 15.0. The average Bonchev–Trinajstić information content (AvgIpc) is 2.68. The van der Waals surface area contributed by atoms with Gasteiger partial charge in [0.05, 0.1) is 11.2 Å². The van der Waals surface area contributed by atoms with Crippen molar-refractivity contribution >= 4 is 22.5 Å². The van der Waals surface area contributed by atoms with Crippen LogP contribution in [0, 0.1) is 0 Å². The molecular formula is C13H15N3O. The summed E-state index contributed by atoms with van der Waals surface area (Å²) in [7, 11) is 0. The van der Waals surface area contributed by atoms with Crippen molar-refractivity contribution in [1.82, 2.24) is 10.3 Å². The lowest BCUT2D eigenvalue weighted by atomic mass is 9.93. The third-order valence-electron chi connectivity index (χ3n) is 3.37. The molecule has 0 radical (unpaired) electrons. The van der Waals surface area contributed by atoms with E-state index in [1.807, 2.05) is 24.3 Å². The van der Waals surface area contributed by atoms with Crippen LogP contribution in [0.2, 0.25) is 0 Å². The predicted molar refractivity (Wildman–Crippen MR) is 67.8 cm³/mol. The van der Waals surface area contributed by atoms with E-state index >= 15 is 0 Å². The van der Waals surface area contributed by atoms with Gasteiger partial charge < -0.3 is 16.0 Å². The van der Waals surface area contributed by atoms with Crippen LogP contribution in [0.1, 0.15) is 29.8 Å². The lowest BCUT2D eigenvalue weighted by molar-refractivity contribution is 0.0912. The van der Waals surface area contributed by atoms with Gasteiger partial charge in [-0.1, -0.05) is 12.1 Å². The van der Waals surface area contributed by atoms with Gasteiger partial charge in [-0.2, -0.15) is 0 Å². The van der Waals surface area contributed by atoms with Crippen LogP contribution in [-0.4, -0.2) is 16.9 Å². The van der Waals surface area contributed by atoms with Crippen LogP contribution < -0.4 is 11.1 Å². The minimum atomic E-state index is -0.0368. The number of carbonyl (C=O) groups is 1. The molecule has 1 aliphatic carbocycles. The number of nitrogen functional groups attached to an aromatic ring is 1. The van der Waals surface area contributed by atoms with E-state index in [-0.39, 0.29) is 5.91 Å². The highest BCUT2D eigenvalue weighted by Crippen LogP contribution is 2.22. The summed E-state index contributed by atoms with van der Waals surface area (Å²) in [5, 5.41) is 3.98. The number of H-pyrrole nitrogens is 1. The van der Waals surface area contributed by atoms with Crippen LogP contribution in [0.25, 0.3) is 10.9 Å². The van der Waals surface area contributed by atoms with Gasteiger partial charge in [-0.25, -0.2) is 0 Å². The third-order valence-corrected chi connectivity index (χ3v) is 3.37. The fraction of sp³-hybridized carbons (Fsp3) is 0.308. The highest BCUT2D eigenvalue weighted by molar-refractivity contribution is 6.00. The number of aromatic nitrogens is 1. The minimum Gasteiger partial charge on any atom is -0.397 e. The number of anilines is 1. The van der Waals surface area contributed by atoms with Crippen molar-refractivity contribution < 1.29 is 4.79 Å². The van der Waals surface area contributed by atoms with Gasteiger partial charge in [-0.3, -0.25) is 4.79 Å². The fourth-order valence-electron chi connectivity index (χ4n) is 2.12. The molecule has 1 fully saturated rings. The topological polar surface area (TPSA) is 70.9 Å². The zero-order valence-corrected chi connectivity index (χ0v) is 9.49. The van der Waals surface area contributed by atoms with Crippen molar-refractivity contribution in [1.29, 1.82) is 0 Å². The summed E-state index contributed by atoms with van der Waals surface area (Å²) in [5.74, 6) is -0.0368. The van der Waals surface area contributed by atoms with Gasteiger partial charge in [-0.05, 0) is 31.4 Å². The Hall–Kier alpha value is -1.97. The van der Waals surface area contributed by atoms with E-state index in [4.69, 9.17) is 5.73 Å². The molecule has 4 heteroatoms.